The van der Waals surface area contributed by atoms with E-state index in [1.807, 2.05) is 36.4 Å². The zero-order chi connectivity index (χ0) is 27.5. The summed E-state index contributed by atoms with van der Waals surface area (Å²) in [5.74, 6) is -1.31. The molecule has 5 rings (SSSR count). The third-order valence-corrected chi connectivity index (χ3v) is 7.35. The SMILES string of the molecule is CN(C(=O)Cn1c(=O)oc2ccc(Cl)cc21)C(CN1CCOCC1)c1ccc(-c2ccc(C(N)=O)cc2)cc1. The lowest BCUT2D eigenvalue weighted by molar-refractivity contribution is -0.133. The van der Waals surface area contributed by atoms with Gasteiger partial charge in [0.2, 0.25) is 11.8 Å². The van der Waals surface area contributed by atoms with Crippen molar-refractivity contribution in [3.63, 3.8) is 0 Å². The number of halogens is 1. The van der Waals surface area contributed by atoms with Crippen LogP contribution in [0.1, 0.15) is 22.0 Å². The minimum atomic E-state index is -0.606. The van der Waals surface area contributed by atoms with Crippen LogP contribution in [0, 0.1) is 0 Å². The van der Waals surface area contributed by atoms with Crippen molar-refractivity contribution in [1.29, 1.82) is 0 Å². The first kappa shape index (κ1) is 26.7. The zero-order valence-electron chi connectivity index (χ0n) is 21.5. The van der Waals surface area contributed by atoms with Gasteiger partial charge in [-0.3, -0.25) is 19.1 Å². The van der Waals surface area contributed by atoms with Crippen LogP contribution in [0.15, 0.2) is 75.9 Å². The predicted molar refractivity (Wildman–Crippen MR) is 149 cm³/mol. The monoisotopic (exact) mass is 548 g/mol. The first-order valence-electron chi connectivity index (χ1n) is 12.6. The molecule has 2 amide bonds. The highest BCUT2D eigenvalue weighted by Crippen LogP contribution is 2.27. The van der Waals surface area contributed by atoms with Gasteiger partial charge >= 0.3 is 5.76 Å². The zero-order valence-corrected chi connectivity index (χ0v) is 22.3. The van der Waals surface area contributed by atoms with Crippen LogP contribution in [0.3, 0.4) is 0 Å². The van der Waals surface area contributed by atoms with Crippen molar-refractivity contribution in [2.75, 3.05) is 39.9 Å². The number of ether oxygens (including phenoxy) is 1. The van der Waals surface area contributed by atoms with E-state index in [1.165, 1.54) is 4.57 Å². The number of fused-ring (bicyclic) bond motifs is 1. The van der Waals surface area contributed by atoms with E-state index in [9.17, 15) is 14.4 Å². The average molecular weight is 549 g/mol. The van der Waals surface area contributed by atoms with Gasteiger partial charge in [0.1, 0.15) is 6.54 Å². The van der Waals surface area contributed by atoms with E-state index in [-0.39, 0.29) is 18.5 Å². The van der Waals surface area contributed by atoms with Gasteiger partial charge in [-0.15, -0.1) is 0 Å². The van der Waals surface area contributed by atoms with Crippen molar-refractivity contribution < 1.29 is 18.7 Å². The highest BCUT2D eigenvalue weighted by Gasteiger charge is 2.26. The number of oxazole rings is 1. The van der Waals surface area contributed by atoms with Gasteiger partial charge in [-0.05, 0) is 47.0 Å². The quantitative estimate of drug-likeness (QED) is 0.360. The number of likely N-dealkylation sites (N-methyl/N-ethyl adjacent to an activating group) is 1. The highest BCUT2D eigenvalue weighted by atomic mass is 35.5. The summed E-state index contributed by atoms with van der Waals surface area (Å²) in [6, 6.07) is 19.7. The van der Waals surface area contributed by atoms with Crippen molar-refractivity contribution >= 4 is 34.5 Å². The lowest BCUT2D eigenvalue weighted by atomic mass is 9.98. The number of nitrogens with zero attached hydrogens (tertiary/aromatic N) is 3. The van der Waals surface area contributed by atoms with Crippen molar-refractivity contribution in [1.82, 2.24) is 14.4 Å². The van der Waals surface area contributed by atoms with Gasteiger partial charge in [-0.1, -0.05) is 48.0 Å². The molecule has 3 aromatic carbocycles. The van der Waals surface area contributed by atoms with Crippen LogP contribution in [-0.4, -0.2) is 66.1 Å². The number of benzene rings is 3. The molecule has 2 heterocycles. The van der Waals surface area contributed by atoms with Crippen LogP contribution < -0.4 is 11.5 Å². The molecule has 1 aliphatic heterocycles. The van der Waals surface area contributed by atoms with Crippen LogP contribution >= 0.6 is 11.6 Å². The standard InChI is InChI=1S/C29H29ClN4O5/c1-32(27(35)18-34-24-16-23(30)10-11-26(24)39-29(34)37)25(17-33-12-14-38-15-13-33)21-6-2-19(3-7-21)20-4-8-22(9-5-20)28(31)36/h2-11,16,25H,12-15,17-18H2,1H3,(H2,31,36). The Hall–Kier alpha value is -3.92. The van der Waals surface area contributed by atoms with Gasteiger partial charge in [0, 0.05) is 37.3 Å². The fourth-order valence-electron chi connectivity index (χ4n) is 4.81. The van der Waals surface area contributed by atoms with E-state index >= 15 is 0 Å². The van der Waals surface area contributed by atoms with E-state index in [0.29, 0.717) is 41.4 Å². The first-order valence-corrected chi connectivity index (χ1v) is 13.0. The summed E-state index contributed by atoms with van der Waals surface area (Å²) in [6.45, 7) is 3.27. The molecule has 1 unspecified atom stereocenters. The lowest BCUT2D eigenvalue weighted by Crippen LogP contribution is -2.44. The van der Waals surface area contributed by atoms with Crippen LogP contribution in [0.5, 0.6) is 0 Å². The Morgan fingerprint density at radius 2 is 1.64 bits per heavy atom. The number of primary amides is 1. The number of carbonyl (C=O) groups is 2. The van der Waals surface area contributed by atoms with Gasteiger partial charge in [0.25, 0.3) is 0 Å². The minimum Gasteiger partial charge on any atom is -0.408 e. The fourth-order valence-corrected chi connectivity index (χ4v) is 4.98. The van der Waals surface area contributed by atoms with Crippen molar-refractivity contribution in [2.45, 2.75) is 12.6 Å². The molecule has 9 nitrogen and oxygen atoms in total. The molecule has 39 heavy (non-hydrogen) atoms. The predicted octanol–water partition coefficient (Wildman–Crippen LogP) is 3.55. The lowest BCUT2D eigenvalue weighted by Gasteiger charge is -2.35. The molecule has 1 atom stereocenters. The second kappa shape index (κ2) is 11.4. The molecule has 202 valence electrons. The maximum absolute atomic E-state index is 13.5. The van der Waals surface area contributed by atoms with Gasteiger partial charge in [0.05, 0.1) is 24.8 Å². The van der Waals surface area contributed by atoms with Gasteiger partial charge in [-0.2, -0.15) is 0 Å². The maximum atomic E-state index is 13.5. The van der Waals surface area contributed by atoms with Gasteiger partial charge in [0.15, 0.2) is 5.58 Å². The Morgan fingerprint density at radius 3 is 2.28 bits per heavy atom. The van der Waals surface area contributed by atoms with Crippen LogP contribution in [0.25, 0.3) is 22.2 Å². The summed E-state index contributed by atoms with van der Waals surface area (Å²) >= 11 is 6.13. The molecule has 0 aliphatic carbocycles. The van der Waals surface area contributed by atoms with Gasteiger partial charge in [-0.25, -0.2) is 4.79 Å². The summed E-state index contributed by atoms with van der Waals surface area (Å²) in [6.07, 6.45) is 0. The number of rotatable bonds is 8. The topological polar surface area (TPSA) is 111 Å². The molecule has 0 saturated carbocycles. The Balaban J connectivity index is 1.40. The summed E-state index contributed by atoms with van der Waals surface area (Å²) < 4.78 is 12.1. The summed E-state index contributed by atoms with van der Waals surface area (Å²) in [7, 11) is 1.75. The van der Waals surface area contributed by atoms with Gasteiger partial charge < -0.3 is 19.8 Å². The second-order valence-corrected chi connectivity index (χ2v) is 10.00. The molecule has 10 heteroatoms. The molecule has 1 aliphatic rings. The third-order valence-electron chi connectivity index (χ3n) is 7.12. The first-order chi connectivity index (χ1) is 18.8. The van der Waals surface area contributed by atoms with E-state index in [2.05, 4.69) is 4.90 Å². The number of morpholine rings is 1. The van der Waals surface area contributed by atoms with Crippen LogP contribution in [-0.2, 0) is 16.1 Å². The molecule has 4 aromatic rings. The number of aromatic nitrogens is 1. The third kappa shape index (κ3) is 5.90. The van der Waals surface area contributed by atoms with Crippen LogP contribution in [0.2, 0.25) is 5.02 Å². The maximum Gasteiger partial charge on any atom is 0.420 e. The molecule has 0 bridgehead atoms. The molecular formula is C29H29ClN4O5. The van der Waals surface area contributed by atoms with Crippen molar-refractivity contribution in [2.24, 2.45) is 5.73 Å². The van der Waals surface area contributed by atoms with E-state index < -0.39 is 11.7 Å². The average Bonchev–Trinajstić information content (AvgIpc) is 3.25. The number of hydrogen-bond acceptors (Lipinski definition) is 6. The molecular weight excluding hydrogens is 520 g/mol. The molecule has 1 fully saturated rings. The molecule has 0 spiro atoms. The summed E-state index contributed by atoms with van der Waals surface area (Å²) in [4.78, 5) is 41.4. The molecule has 0 radical (unpaired) electrons. The van der Waals surface area contributed by atoms with Crippen molar-refractivity contribution in [3.05, 3.63) is 93.4 Å². The van der Waals surface area contributed by atoms with Crippen molar-refractivity contribution in [3.8, 4) is 11.1 Å². The molecule has 1 aromatic heterocycles. The number of nitrogens with two attached hydrogens (primary N) is 1. The summed E-state index contributed by atoms with van der Waals surface area (Å²) in [5.41, 5.74) is 9.55. The number of carbonyl (C=O) groups excluding carboxylic acids is 2. The fraction of sp³-hybridized carbons (Fsp3) is 0.276. The molecule has 1 saturated heterocycles. The van der Waals surface area contributed by atoms with E-state index in [0.717, 1.165) is 29.8 Å². The van der Waals surface area contributed by atoms with E-state index in [4.69, 9.17) is 26.5 Å². The number of hydrogen-bond donors (Lipinski definition) is 1. The highest BCUT2D eigenvalue weighted by molar-refractivity contribution is 6.31. The second-order valence-electron chi connectivity index (χ2n) is 9.56. The van der Waals surface area contributed by atoms with Crippen LogP contribution in [0.4, 0.5) is 0 Å². The Morgan fingerprint density at radius 1 is 1.00 bits per heavy atom. The largest absolute Gasteiger partial charge is 0.420 e. The minimum absolute atomic E-state index is 0.174. The Labute approximate surface area is 230 Å². The Kier molecular flexibility index (Phi) is 7.83. The molecule has 2 N–H and O–H groups in total. The van der Waals surface area contributed by atoms with E-state index in [1.54, 1.807) is 42.3 Å². The normalized spacial score (nSPS) is 14.8. The Bertz CT molecular complexity index is 1540. The number of amides is 2. The summed E-state index contributed by atoms with van der Waals surface area (Å²) in [5, 5.41) is 0.451. The smallest absolute Gasteiger partial charge is 0.408 e.